The smallest absolute Gasteiger partial charge is 0.317 e. The SMILES string of the molecule is CC1CN(C(=O)NCCc2ccccn2)CC1C(=O)O. The fourth-order valence-electron chi connectivity index (χ4n) is 2.41. The Hall–Kier alpha value is -2.11. The maximum Gasteiger partial charge on any atom is 0.317 e. The molecule has 1 fully saturated rings. The molecular weight excluding hydrogens is 258 g/mol. The number of carbonyl (C=O) groups is 2. The molecular formula is C14H19N3O3. The Morgan fingerprint density at radius 2 is 2.25 bits per heavy atom. The fraction of sp³-hybridized carbons (Fsp3) is 0.500. The summed E-state index contributed by atoms with van der Waals surface area (Å²) in [6, 6.07) is 5.46. The summed E-state index contributed by atoms with van der Waals surface area (Å²) in [5, 5.41) is 11.8. The van der Waals surface area contributed by atoms with E-state index in [1.165, 1.54) is 0 Å². The number of carboxylic acid groups (broad SMARTS) is 1. The Labute approximate surface area is 117 Å². The van der Waals surface area contributed by atoms with Crippen LogP contribution >= 0.6 is 0 Å². The van der Waals surface area contributed by atoms with Crippen LogP contribution in [-0.2, 0) is 11.2 Å². The second kappa shape index (κ2) is 6.36. The summed E-state index contributed by atoms with van der Waals surface area (Å²) in [4.78, 5) is 28.7. The molecule has 0 radical (unpaired) electrons. The molecule has 2 atom stereocenters. The number of carboxylic acids is 1. The zero-order valence-electron chi connectivity index (χ0n) is 11.5. The molecule has 1 aliphatic rings. The van der Waals surface area contributed by atoms with Crippen LogP contribution in [0.3, 0.4) is 0 Å². The summed E-state index contributed by atoms with van der Waals surface area (Å²) in [6.07, 6.45) is 2.38. The number of hydrogen-bond acceptors (Lipinski definition) is 3. The maximum absolute atomic E-state index is 12.0. The largest absolute Gasteiger partial charge is 0.481 e. The molecule has 2 N–H and O–H groups in total. The van der Waals surface area contributed by atoms with Crippen LogP contribution in [0.15, 0.2) is 24.4 Å². The van der Waals surface area contributed by atoms with Crippen LogP contribution in [0.5, 0.6) is 0 Å². The molecule has 1 aliphatic heterocycles. The first-order valence-corrected chi connectivity index (χ1v) is 6.73. The molecule has 6 heteroatoms. The number of aromatic nitrogens is 1. The van der Waals surface area contributed by atoms with Gasteiger partial charge in [0.2, 0.25) is 0 Å². The maximum atomic E-state index is 12.0. The van der Waals surface area contributed by atoms with Crippen LogP contribution in [0.2, 0.25) is 0 Å². The quantitative estimate of drug-likeness (QED) is 0.859. The topological polar surface area (TPSA) is 82.5 Å². The van der Waals surface area contributed by atoms with Crippen molar-refractivity contribution in [3.8, 4) is 0 Å². The van der Waals surface area contributed by atoms with Gasteiger partial charge in [0, 0.05) is 37.9 Å². The number of likely N-dealkylation sites (tertiary alicyclic amines) is 1. The first kappa shape index (κ1) is 14.3. The number of pyridine rings is 1. The Balaban J connectivity index is 1.77. The minimum atomic E-state index is -0.832. The second-order valence-corrected chi connectivity index (χ2v) is 5.13. The average molecular weight is 277 g/mol. The van der Waals surface area contributed by atoms with Crippen molar-refractivity contribution in [2.45, 2.75) is 13.3 Å². The van der Waals surface area contributed by atoms with Gasteiger partial charge >= 0.3 is 12.0 Å². The minimum absolute atomic E-state index is 0.00552. The van der Waals surface area contributed by atoms with Gasteiger partial charge in [-0.25, -0.2) is 4.79 Å². The van der Waals surface area contributed by atoms with Gasteiger partial charge in [0.05, 0.1) is 5.92 Å². The standard InChI is InChI=1S/C14H19N3O3/c1-10-8-17(9-12(10)13(18)19)14(20)16-7-5-11-4-2-3-6-15-11/h2-4,6,10,12H,5,7-9H2,1H3,(H,16,20)(H,18,19). The van der Waals surface area contributed by atoms with E-state index in [0.29, 0.717) is 19.5 Å². The van der Waals surface area contributed by atoms with Crippen molar-refractivity contribution >= 4 is 12.0 Å². The highest BCUT2D eigenvalue weighted by Crippen LogP contribution is 2.22. The van der Waals surface area contributed by atoms with E-state index < -0.39 is 11.9 Å². The van der Waals surface area contributed by atoms with Gasteiger partial charge in [-0.1, -0.05) is 13.0 Å². The summed E-state index contributed by atoms with van der Waals surface area (Å²) >= 11 is 0. The van der Waals surface area contributed by atoms with Gasteiger partial charge in [0.15, 0.2) is 0 Å². The van der Waals surface area contributed by atoms with Crippen molar-refractivity contribution in [1.82, 2.24) is 15.2 Å². The van der Waals surface area contributed by atoms with E-state index in [0.717, 1.165) is 5.69 Å². The summed E-state index contributed by atoms with van der Waals surface area (Å²) in [5.74, 6) is -1.30. The highest BCUT2D eigenvalue weighted by molar-refractivity contribution is 5.77. The van der Waals surface area contributed by atoms with Gasteiger partial charge in [-0.05, 0) is 18.1 Å². The molecule has 6 nitrogen and oxygen atoms in total. The summed E-state index contributed by atoms with van der Waals surface area (Å²) in [5.41, 5.74) is 0.922. The minimum Gasteiger partial charge on any atom is -0.481 e. The Morgan fingerprint density at radius 1 is 1.45 bits per heavy atom. The number of nitrogens with one attached hydrogen (secondary N) is 1. The molecule has 20 heavy (non-hydrogen) atoms. The lowest BCUT2D eigenvalue weighted by atomic mass is 9.99. The van der Waals surface area contributed by atoms with Gasteiger partial charge in [-0.2, -0.15) is 0 Å². The highest BCUT2D eigenvalue weighted by atomic mass is 16.4. The third kappa shape index (κ3) is 3.46. The van der Waals surface area contributed by atoms with Crippen molar-refractivity contribution in [3.05, 3.63) is 30.1 Å². The van der Waals surface area contributed by atoms with Crippen molar-refractivity contribution in [2.24, 2.45) is 11.8 Å². The number of rotatable bonds is 4. The molecule has 2 amide bonds. The number of carbonyl (C=O) groups excluding carboxylic acids is 1. The van der Waals surface area contributed by atoms with E-state index in [2.05, 4.69) is 10.3 Å². The molecule has 108 valence electrons. The summed E-state index contributed by atoms with van der Waals surface area (Å²) in [7, 11) is 0. The molecule has 2 rings (SSSR count). The fourth-order valence-corrected chi connectivity index (χ4v) is 2.41. The van der Waals surface area contributed by atoms with E-state index in [1.807, 2.05) is 25.1 Å². The molecule has 0 spiro atoms. The molecule has 0 saturated carbocycles. The summed E-state index contributed by atoms with van der Waals surface area (Å²) in [6.45, 7) is 3.14. The van der Waals surface area contributed by atoms with Gasteiger partial charge < -0.3 is 15.3 Å². The van der Waals surface area contributed by atoms with Crippen molar-refractivity contribution in [1.29, 1.82) is 0 Å². The van der Waals surface area contributed by atoms with Crippen LogP contribution in [0.25, 0.3) is 0 Å². The van der Waals surface area contributed by atoms with Crippen LogP contribution in [-0.4, -0.2) is 46.6 Å². The predicted octanol–water partition coefficient (Wildman–Crippen LogP) is 0.986. The van der Waals surface area contributed by atoms with Crippen molar-refractivity contribution in [3.63, 3.8) is 0 Å². The number of aliphatic carboxylic acids is 1. The Kier molecular flexibility index (Phi) is 4.55. The molecule has 1 aromatic rings. The van der Waals surface area contributed by atoms with Crippen LogP contribution < -0.4 is 5.32 Å². The van der Waals surface area contributed by atoms with Gasteiger partial charge in [-0.15, -0.1) is 0 Å². The van der Waals surface area contributed by atoms with E-state index in [4.69, 9.17) is 5.11 Å². The van der Waals surface area contributed by atoms with Crippen molar-refractivity contribution < 1.29 is 14.7 Å². The van der Waals surface area contributed by atoms with Gasteiger partial charge in [-0.3, -0.25) is 9.78 Å². The molecule has 0 aromatic carbocycles. The lowest BCUT2D eigenvalue weighted by Gasteiger charge is -2.16. The van der Waals surface area contributed by atoms with Crippen LogP contribution in [0.4, 0.5) is 4.79 Å². The van der Waals surface area contributed by atoms with Crippen LogP contribution in [0, 0.1) is 11.8 Å². The molecule has 1 aromatic heterocycles. The number of hydrogen-bond donors (Lipinski definition) is 2. The summed E-state index contributed by atoms with van der Waals surface area (Å²) < 4.78 is 0. The van der Waals surface area contributed by atoms with E-state index in [-0.39, 0.29) is 18.5 Å². The van der Waals surface area contributed by atoms with Gasteiger partial charge in [0.25, 0.3) is 0 Å². The average Bonchev–Trinajstić information content (AvgIpc) is 2.82. The van der Waals surface area contributed by atoms with Gasteiger partial charge in [0.1, 0.15) is 0 Å². The van der Waals surface area contributed by atoms with Crippen molar-refractivity contribution in [2.75, 3.05) is 19.6 Å². The first-order valence-electron chi connectivity index (χ1n) is 6.73. The lowest BCUT2D eigenvalue weighted by molar-refractivity contribution is -0.142. The lowest BCUT2D eigenvalue weighted by Crippen LogP contribution is -2.39. The van der Waals surface area contributed by atoms with E-state index in [9.17, 15) is 9.59 Å². The molecule has 0 aliphatic carbocycles. The third-order valence-corrected chi connectivity index (χ3v) is 3.60. The Morgan fingerprint density at radius 3 is 2.85 bits per heavy atom. The predicted molar refractivity (Wildman–Crippen MR) is 73.2 cm³/mol. The third-order valence-electron chi connectivity index (χ3n) is 3.60. The zero-order chi connectivity index (χ0) is 14.5. The zero-order valence-corrected chi connectivity index (χ0v) is 11.5. The first-order chi connectivity index (χ1) is 9.58. The molecule has 1 saturated heterocycles. The molecule has 0 bridgehead atoms. The number of amides is 2. The molecule has 2 unspecified atom stereocenters. The number of urea groups is 1. The highest BCUT2D eigenvalue weighted by Gasteiger charge is 2.36. The van der Waals surface area contributed by atoms with E-state index in [1.54, 1.807) is 11.1 Å². The second-order valence-electron chi connectivity index (χ2n) is 5.13. The van der Waals surface area contributed by atoms with E-state index >= 15 is 0 Å². The van der Waals surface area contributed by atoms with Crippen LogP contribution in [0.1, 0.15) is 12.6 Å². The molecule has 2 heterocycles. The monoisotopic (exact) mass is 277 g/mol. The normalized spacial score (nSPS) is 21.8. The Bertz CT molecular complexity index is 478. The number of nitrogens with zero attached hydrogens (tertiary/aromatic N) is 2.